The number of hydrogen-bond donors (Lipinski definition) is 1. The largest absolute Gasteiger partial charge is 0.327 e. The van der Waals surface area contributed by atoms with Crippen LogP contribution in [0.1, 0.15) is 56.9 Å². The predicted molar refractivity (Wildman–Crippen MR) is 94.1 cm³/mol. The van der Waals surface area contributed by atoms with Crippen molar-refractivity contribution in [1.29, 1.82) is 0 Å². The van der Waals surface area contributed by atoms with Crippen molar-refractivity contribution in [2.45, 2.75) is 70.0 Å². The second-order valence-electron chi connectivity index (χ2n) is 7.19. The molecule has 2 nitrogen and oxygen atoms in total. The van der Waals surface area contributed by atoms with Crippen LogP contribution in [0.4, 0.5) is 0 Å². The summed E-state index contributed by atoms with van der Waals surface area (Å²) in [6.45, 7) is 2.22. The van der Waals surface area contributed by atoms with Crippen LogP contribution in [0.25, 0.3) is 0 Å². The maximum Gasteiger partial charge on any atom is 0.0409 e. The summed E-state index contributed by atoms with van der Waals surface area (Å²) in [6, 6.07) is 9.35. The van der Waals surface area contributed by atoms with E-state index in [0.717, 1.165) is 17.5 Å². The second kappa shape index (κ2) is 7.81. The summed E-state index contributed by atoms with van der Waals surface area (Å²) in [5.74, 6) is 0.773. The van der Waals surface area contributed by atoms with Gasteiger partial charge in [0.25, 0.3) is 0 Å². The van der Waals surface area contributed by atoms with Gasteiger partial charge in [0.2, 0.25) is 0 Å². The summed E-state index contributed by atoms with van der Waals surface area (Å²) in [6.07, 6.45) is 10.6. The quantitative estimate of drug-likeness (QED) is 0.859. The Labute approximate surface area is 140 Å². The number of nitrogens with zero attached hydrogens (tertiary/aromatic N) is 1. The van der Waals surface area contributed by atoms with E-state index in [0.29, 0.717) is 12.1 Å². The summed E-state index contributed by atoms with van der Waals surface area (Å²) in [7, 11) is 0. The van der Waals surface area contributed by atoms with Gasteiger partial charge in [-0.05, 0) is 62.3 Å². The van der Waals surface area contributed by atoms with Gasteiger partial charge in [0.05, 0.1) is 0 Å². The molecule has 0 spiro atoms. The molecule has 1 aromatic carbocycles. The van der Waals surface area contributed by atoms with Crippen molar-refractivity contribution in [3.8, 4) is 0 Å². The van der Waals surface area contributed by atoms with E-state index >= 15 is 0 Å². The number of nitrogens with two attached hydrogens (primary N) is 1. The van der Waals surface area contributed by atoms with Crippen LogP contribution < -0.4 is 5.73 Å². The molecule has 2 fully saturated rings. The summed E-state index contributed by atoms with van der Waals surface area (Å²) in [5, 5.41) is 0.841. The fourth-order valence-corrected chi connectivity index (χ4v) is 4.51. The summed E-state index contributed by atoms with van der Waals surface area (Å²) < 4.78 is 0. The van der Waals surface area contributed by atoms with Crippen molar-refractivity contribution in [2.75, 3.05) is 6.54 Å². The molecule has 1 saturated heterocycles. The van der Waals surface area contributed by atoms with E-state index in [1.54, 1.807) is 0 Å². The molecule has 0 aromatic heterocycles. The number of piperidine rings is 1. The molecule has 2 atom stereocenters. The normalized spacial score (nSPS) is 25.5. The average Bonchev–Trinajstić information content (AvgIpc) is 3.04. The average molecular weight is 321 g/mol. The molecule has 0 bridgehead atoms. The third kappa shape index (κ3) is 4.24. The third-order valence-corrected chi connectivity index (χ3v) is 5.81. The third-order valence-electron chi connectivity index (χ3n) is 5.57. The van der Waals surface area contributed by atoms with Crippen molar-refractivity contribution in [3.05, 3.63) is 34.9 Å². The molecule has 1 aromatic rings. The molecule has 2 N–H and O–H groups in total. The number of likely N-dealkylation sites (tertiary alicyclic amines) is 1. The van der Waals surface area contributed by atoms with E-state index in [-0.39, 0.29) is 0 Å². The lowest BCUT2D eigenvalue weighted by molar-refractivity contribution is 0.119. The molecule has 1 heterocycles. The minimum atomic E-state index is 0.396. The van der Waals surface area contributed by atoms with Gasteiger partial charge in [-0.2, -0.15) is 0 Å². The van der Waals surface area contributed by atoms with Gasteiger partial charge in [0, 0.05) is 23.7 Å². The molecule has 22 heavy (non-hydrogen) atoms. The highest BCUT2D eigenvalue weighted by Crippen LogP contribution is 2.31. The first-order chi connectivity index (χ1) is 10.7. The highest BCUT2D eigenvalue weighted by Gasteiger charge is 2.28. The van der Waals surface area contributed by atoms with Crippen molar-refractivity contribution in [3.63, 3.8) is 0 Å². The van der Waals surface area contributed by atoms with Gasteiger partial charge < -0.3 is 5.73 Å². The topological polar surface area (TPSA) is 29.3 Å². The lowest BCUT2D eigenvalue weighted by atomic mass is 9.89. The van der Waals surface area contributed by atoms with E-state index in [9.17, 15) is 0 Å². The Morgan fingerprint density at radius 1 is 1.14 bits per heavy atom. The molecule has 2 unspecified atom stereocenters. The van der Waals surface area contributed by atoms with Crippen LogP contribution in [-0.2, 0) is 6.54 Å². The van der Waals surface area contributed by atoms with E-state index in [4.69, 9.17) is 17.3 Å². The zero-order chi connectivity index (χ0) is 15.4. The maximum atomic E-state index is 6.54. The Balaban J connectivity index is 1.60. The Morgan fingerprint density at radius 2 is 1.91 bits per heavy atom. The number of benzene rings is 1. The SMILES string of the molecule is NC(CC1CCCCN1Cc1cccc(Cl)c1)C1CCCC1. The molecule has 1 saturated carbocycles. The lowest BCUT2D eigenvalue weighted by Crippen LogP contribution is -2.44. The fourth-order valence-electron chi connectivity index (χ4n) is 4.30. The van der Waals surface area contributed by atoms with Crippen molar-refractivity contribution in [2.24, 2.45) is 11.7 Å². The molecular formula is C19H29ClN2. The standard InChI is InChI=1S/C19H29ClN2/c20-17-9-5-6-15(12-17)14-22-11-4-3-10-18(22)13-19(21)16-7-1-2-8-16/h5-6,9,12,16,18-19H,1-4,7-8,10-11,13-14,21H2. The first kappa shape index (κ1) is 16.3. The van der Waals surface area contributed by atoms with Gasteiger partial charge in [0.15, 0.2) is 0 Å². The molecule has 1 aliphatic heterocycles. The molecule has 3 rings (SSSR count). The number of halogens is 1. The first-order valence-electron chi connectivity index (χ1n) is 8.96. The minimum Gasteiger partial charge on any atom is -0.327 e. The zero-order valence-electron chi connectivity index (χ0n) is 13.5. The number of hydrogen-bond acceptors (Lipinski definition) is 2. The molecular weight excluding hydrogens is 292 g/mol. The van der Waals surface area contributed by atoms with Crippen LogP contribution in [0.2, 0.25) is 5.02 Å². The fraction of sp³-hybridized carbons (Fsp3) is 0.684. The van der Waals surface area contributed by atoms with Gasteiger partial charge in [-0.1, -0.05) is 43.0 Å². The van der Waals surface area contributed by atoms with Crippen molar-refractivity contribution >= 4 is 11.6 Å². The zero-order valence-corrected chi connectivity index (χ0v) is 14.3. The van der Waals surface area contributed by atoms with Gasteiger partial charge in [-0.15, -0.1) is 0 Å². The molecule has 0 radical (unpaired) electrons. The van der Waals surface area contributed by atoms with E-state index < -0.39 is 0 Å². The first-order valence-corrected chi connectivity index (χ1v) is 9.34. The van der Waals surface area contributed by atoms with Gasteiger partial charge in [-0.3, -0.25) is 4.90 Å². The van der Waals surface area contributed by atoms with Crippen LogP contribution in [0.5, 0.6) is 0 Å². The van der Waals surface area contributed by atoms with E-state index in [2.05, 4.69) is 23.1 Å². The molecule has 1 aliphatic carbocycles. The Morgan fingerprint density at radius 3 is 2.68 bits per heavy atom. The van der Waals surface area contributed by atoms with Gasteiger partial charge >= 0.3 is 0 Å². The Bertz CT molecular complexity index is 470. The second-order valence-corrected chi connectivity index (χ2v) is 7.63. The van der Waals surface area contributed by atoms with Crippen LogP contribution in [0, 0.1) is 5.92 Å². The predicted octanol–water partition coefficient (Wildman–Crippen LogP) is 4.60. The van der Waals surface area contributed by atoms with Gasteiger partial charge in [-0.25, -0.2) is 0 Å². The summed E-state index contributed by atoms with van der Waals surface area (Å²) in [4.78, 5) is 2.64. The van der Waals surface area contributed by atoms with Crippen molar-refractivity contribution in [1.82, 2.24) is 4.90 Å². The molecule has 3 heteroatoms. The molecule has 2 aliphatic rings. The highest BCUT2D eigenvalue weighted by atomic mass is 35.5. The monoisotopic (exact) mass is 320 g/mol. The molecule has 122 valence electrons. The Kier molecular flexibility index (Phi) is 5.78. The maximum absolute atomic E-state index is 6.54. The minimum absolute atomic E-state index is 0.396. The summed E-state index contributed by atoms with van der Waals surface area (Å²) >= 11 is 6.13. The van der Waals surface area contributed by atoms with E-state index in [1.165, 1.54) is 63.5 Å². The molecule has 0 amide bonds. The number of rotatable bonds is 5. The van der Waals surface area contributed by atoms with Crippen LogP contribution >= 0.6 is 11.6 Å². The summed E-state index contributed by atoms with van der Waals surface area (Å²) in [5.41, 5.74) is 7.87. The van der Waals surface area contributed by atoms with Gasteiger partial charge in [0.1, 0.15) is 0 Å². The van der Waals surface area contributed by atoms with Crippen LogP contribution in [0.15, 0.2) is 24.3 Å². The van der Waals surface area contributed by atoms with Crippen LogP contribution in [-0.4, -0.2) is 23.5 Å². The lowest BCUT2D eigenvalue weighted by Gasteiger charge is -2.38. The van der Waals surface area contributed by atoms with Crippen LogP contribution in [0.3, 0.4) is 0 Å². The van der Waals surface area contributed by atoms with Crippen molar-refractivity contribution < 1.29 is 0 Å². The van der Waals surface area contributed by atoms with E-state index in [1.807, 2.05) is 6.07 Å². The smallest absolute Gasteiger partial charge is 0.0409 e. The Hall–Kier alpha value is -0.570. The highest BCUT2D eigenvalue weighted by molar-refractivity contribution is 6.30.